The fourth-order valence-corrected chi connectivity index (χ4v) is 5.25. The predicted octanol–water partition coefficient (Wildman–Crippen LogP) is 11.7. The smallest absolute Gasteiger partial charge is 0.494 e. The fourth-order valence-electron chi connectivity index (χ4n) is 5.25. The van der Waals surface area contributed by atoms with Crippen molar-refractivity contribution < 1.29 is 37.0 Å². The highest BCUT2D eigenvalue weighted by Crippen LogP contribution is 2.35. The fraction of sp³-hybridized carbons (Fsp3) is 0.474. The third-order valence-electron chi connectivity index (χ3n) is 7.87. The molecule has 1 unspecified atom stereocenters. The molecule has 0 N–H and O–H groups in total. The van der Waals surface area contributed by atoms with E-state index in [1.165, 1.54) is 37.8 Å². The van der Waals surface area contributed by atoms with Gasteiger partial charge >= 0.3 is 18.3 Å². The van der Waals surface area contributed by atoms with Crippen molar-refractivity contribution in [1.29, 1.82) is 0 Å². The monoisotopic (exact) mass is 640 g/mol. The van der Waals surface area contributed by atoms with Crippen molar-refractivity contribution in [3.63, 3.8) is 0 Å². The molecule has 0 fully saturated rings. The van der Waals surface area contributed by atoms with Gasteiger partial charge in [0.25, 0.3) is 0 Å². The van der Waals surface area contributed by atoms with Crippen molar-refractivity contribution in [2.24, 2.45) is 0 Å². The Bertz CT molecular complexity index is 1320. The molecule has 0 aliphatic carbocycles. The molecule has 1 atom stereocenters. The lowest BCUT2D eigenvalue weighted by Crippen LogP contribution is -2.34. The molecule has 0 spiro atoms. The summed E-state index contributed by atoms with van der Waals surface area (Å²) >= 11 is 0. The summed E-state index contributed by atoms with van der Waals surface area (Å²) in [6.45, 7) is 4.90. The quantitative estimate of drug-likeness (QED) is 0.0741. The Balaban J connectivity index is 1.63. The average Bonchev–Trinajstić information content (AvgIpc) is 3.05. The van der Waals surface area contributed by atoms with Gasteiger partial charge in [0.05, 0.1) is 12.2 Å². The highest BCUT2D eigenvalue weighted by molar-refractivity contribution is 5.96. The number of ether oxygens (including phenoxy) is 3. The number of esters is 1. The number of hydrogen-bond acceptors (Lipinski definition) is 5. The summed E-state index contributed by atoms with van der Waals surface area (Å²) in [6, 6.07) is 22.1. The first kappa shape index (κ1) is 36.7. The Morgan fingerprint density at radius 2 is 1.26 bits per heavy atom. The molecular weight excluding hydrogens is 593 g/mol. The molecule has 0 radical (unpaired) electrons. The number of benzene rings is 3. The van der Waals surface area contributed by atoms with Crippen LogP contribution in [0.25, 0.3) is 22.3 Å². The molecule has 3 aromatic carbocycles. The van der Waals surface area contributed by atoms with Gasteiger partial charge in [-0.05, 0) is 65.8 Å². The van der Waals surface area contributed by atoms with Gasteiger partial charge in [-0.3, -0.25) is 0 Å². The number of carbonyl (C=O) groups excluding carboxylic acids is 2. The maximum atomic E-state index is 13.5. The zero-order valence-electron chi connectivity index (χ0n) is 27.1. The summed E-state index contributed by atoms with van der Waals surface area (Å²) in [7, 11) is 0. The Morgan fingerprint density at radius 1 is 0.674 bits per heavy atom. The summed E-state index contributed by atoms with van der Waals surface area (Å²) in [4.78, 5) is 24.8. The van der Waals surface area contributed by atoms with Crippen molar-refractivity contribution in [2.75, 3.05) is 6.61 Å². The van der Waals surface area contributed by atoms with Gasteiger partial charge in [0.2, 0.25) is 6.10 Å². The minimum absolute atomic E-state index is 0.0142. The highest BCUT2D eigenvalue weighted by atomic mass is 19.4. The summed E-state index contributed by atoms with van der Waals surface area (Å²) in [6.07, 6.45) is 2.67. The van der Waals surface area contributed by atoms with E-state index in [4.69, 9.17) is 4.74 Å². The molecule has 0 aliphatic heterocycles. The molecule has 0 amide bonds. The number of carbonyl (C=O) groups is 2. The predicted molar refractivity (Wildman–Crippen MR) is 176 cm³/mol. The van der Waals surface area contributed by atoms with Crippen molar-refractivity contribution >= 4 is 12.1 Å². The molecule has 46 heavy (non-hydrogen) atoms. The molecule has 0 aromatic heterocycles. The average molecular weight is 641 g/mol. The Labute approximate surface area is 271 Å². The second-order valence-corrected chi connectivity index (χ2v) is 11.6. The second-order valence-electron chi connectivity index (χ2n) is 11.6. The van der Waals surface area contributed by atoms with Crippen molar-refractivity contribution in [3.8, 4) is 28.0 Å². The first-order chi connectivity index (χ1) is 22.2. The Hall–Kier alpha value is -3.81. The van der Waals surface area contributed by atoms with E-state index >= 15 is 0 Å². The first-order valence-corrected chi connectivity index (χ1v) is 16.6. The van der Waals surface area contributed by atoms with Gasteiger partial charge in [-0.15, -0.1) is 0 Å². The van der Waals surface area contributed by atoms with Crippen molar-refractivity contribution in [3.05, 3.63) is 78.4 Å². The normalized spacial score (nSPS) is 12.0. The molecular formula is C38H47F3O5. The van der Waals surface area contributed by atoms with Crippen LogP contribution in [0.3, 0.4) is 0 Å². The van der Waals surface area contributed by atoms with E-state index in [1.807, 2.05) is 48.5 Å². The van der Waals surface area contributed by atoms with E-state index in [9.17, 15) is 22.8 Å². The first-order valence-electron chi connectivity index (χ1n) is 16.6. The lowest BCUT2D eigenvalue weighted by atomic mass is 9.94. The second kappa shape index (κ2) is 19.6. The number of halogens is 3. The maximum Gasteiger partial charge on any atom is 0.517 e. The van der Waals surface area contributed by atoms with E-state index < -0.39 is 24.4 Å². The van der Waals surface area contributed by atoms with Crippen LogP contribution in [0.1, 0.15) is 108 Å². The third kappa shape index (κ3) is 12.5. The van der Waals surface area contributed by atoms with Gasteiger partial charge in [0, 0.05) is 0 Å². The third-order valence-corrected chi connectivity index (χ3v) is 7.87. The van der Waals surface area contributed by atoms with Crippen LogP contribution in [0.5, 0.6) is 5.75 Å². The van der Waals surface area contributed by atoms with Gasteiger partial charge in [0.1, 0.15) is 5.75 Å². The molecule has 0 heterocycles. The van der Waals surface area contributed by atoms with E-state index in [0.29, 0.717) is 13.0 Å². The van der Waals surface area contributed by atoms with E-state index in [2.05, 4.69) is 23.3 Å². The van der Waals surface area contributed by atoms with E-state index in [0.717, 1.165) is 66.5 Å². The SMILES string of the molecule is CCCCCCCCOc1ccc(-c2ccc(C(=O)OC(=O)OC(CCCCCCCC)C(F)(F)F)cc2)c(-c2ccccc2)c1. The minimum atomic E-state index is -4.75. The zero-order valence-corrected chi connectivity index (χ0v) is 27.1. The molecule has 8 heteroatoms. The number of unbranched alkanes of at least 4 members (excludes halogenated alkanes) is 10. The summed E-state index contributed by atoms with van der Waals surface area (Å²) in [5.74, 6) is -0.317. The van der Waals surface area contributed by atoms with Gasteiger partial charge in [-0.2, -0.15) is 13.2 Å². The van der Waals surface area contributed by atoms with Crippen molar-refractivity contribution in [1.82, 2.24) is 0 Å². The van der Waals surface area contributed by atoms with Crippen molar-refractivity contribution in [2.45, 2.75) is 110 Å². The summed E-state index contributed by atoms with van der Waals surface area (Å²) in [5, 5.41) is 0. The molecule has 3 aromatic rings. The molecule has 0 bridgehead atoms. The lowest BCUT2D eigenvalue weighted by molar-refractivity contribution is -0.209. The Morgan fingerprint density at radius 3 is 1.89 bits per heavy atom. The van der Waals surface area contributed by atoms with Crippen LogP contribution in [0.4, 0.5) is 18.0 Å². The molecule has 250 valence electrons. The van der Waals surface area contributed by atoms with Gasteiger partial charge in [-0.25, -0.2) is 9.59 Å². The van der Waals surface area contributed by atoms with Crippen LogP contribution < -0.4 is 4.74 Å². The van der Waals surface area contributed by atoms with E-state index in [-0.39, 0.29) is 18.4 Å². The minimum Gasteiger partial charge on any atom is -0.494 e. The molecule has 0 aliphatic rings. The summed E-state index contributed by atoms with van der Waals surface area (Å²) < 4.78 is 55.6. The molecule has 0 saturated carbocycles. The largest absolute Gasteiger partial charge is 0.517 e. The molecule has 0 saturated heterocycles. The number of rotatable bonds is 19. The topological polar surface area (TPSA) is 61.8 Å². The molecule has 3 rings (SSSR count). The highest BCUT2D eigenvalue weighted by Gasteiger charge is 2.43. The standard InChI is InChI=1S/C38H47F3O5/c1-3-5-7-9-11-16-20-35(38(39,40)41)45-37(43)46-36(42)31-23-21-30(22-24-31)33-26-25-32(44-27-17-12-10-8-6-4-2)28-34(33)29-18-14-13-15-19-29/h13-15,18-19,21-26,28,35H,3-12,16-17,20,27H2,1-2H3. The summed E-state index contributed by atoms with van der Waals surface area (Å²) in [5.41, 5.74) is 3.66. The van der Waals surface area contributed by atoms with Crippen LogP contribution in [0, 0.1) is 0 Å². The van der Waals surface area contributed by atoms with Gasteiger partial charge < -0.3 is 14.2 Å². The molecule has 5 nitrogen and oxygen atoms in total. The van der Waals surface area contributed by atoms with Gasteiger partial charge in [-0.1, -0.05) is 127 Å². The number of hydrogen-bond donors (Lipinski definition) is 0. The Kier molecular flexibility index (Phi) is 15.7. The maximum absolute atomic E-state index is 13.5. The van der Waals surface area contributed by atoms with Crippen LogP contribution >= 0.6 is 0 Å². The van der Waals surface area contributed by atoms with Gasteiger partial charge in [0.15, 0.2) is 0 Å². The van der Waals surface area contributed by atoms with Crippen LogP contribution in [-0.2, 0) is 9.47 Å². The van der Waals surface area contributed by atoms with Crippen LogP contribution in [-0.4, -0.2) is 31.0 Å². The van der Waals surface area contributed by atoms with Crippen LogP contribution in [0.2, 0.25) is 0 Å². The van der Waals surface area contributed by atoms with Crippen LogP contribution in [0.15, 0.2) is 72.8 Å². The van der Waals surface area contributed by atoms with E-state index in [1.54, 1.807) is 12.1 Å². The lowest BCUT2D eigenvalue weighted by Gasteiger charge is -2.20. The zero-order chi connectivity index (χ0) is 33.2. The number of alkyl halides is 3.